The number of hydrogen-bond donors (Lipinski definition) is 2. The van der Waals surface area contributed by atoms with E-state index in [0.717, 1.165) is 24.1 Å². The van der Waals surface area contributed by atoms with Gasteiger partial charge in [-0.3, -0.25) is 9.89 Å². The molecule has 4 nitrogen and oxygen atoms in total. The first-order valence-corrected chi connectivity index (χ1v) is 6.26. The van der Waals surface area contributed by atoms with Crippen molar-refractivity contribution in [2.75, 3.05) is 0 Å². The third-order valence-electron chi connectivity index (χ3n) is 2.75. The Morgan fingerprint density at radius 2 is 2.11 bits per heavy atom. The zero-order valence-corrected chi connectivity index (χ0v) is 10.7. The van der Waals surface area contributed by atoms with Crippen LogP contribution in [-0.4, -0.2) is 16.1 Å². The van der Waals surface area contributed by atoms with Crippen LogP contribution in [0.1, 0.15) is 35.1 Å². The number of carbonyl (C=O) groups is 1. The third-order valence-corrected chi connectivity index (χ3v) is 2.75. The van der Waals surface area contributed by atoms with Crippen LogP contribution in [0.4, 0.5) is 4.39 Å². The van der Waals surface area contributed by atoms with Crippen molar-refractivity contribution in [1.82, 2.24) is 15.5 Å². The predicted molar refractivity (Wildman–Crippen MR) is 70.2 cm³/mol. The Kier molecular flexibility index (Phi) is 4.28. The molecule has 0 atom stereocenters. The molecule has 2 aromatic rings. The number of rotatable bonds is 5. The number of aromatic nitrogens is 2. The Hall–Kier alpha value is -2.17. The minimum absolute atomic E-state index is 0.233. The number of hydrogen-bond acceptors (Lipinski definition) is 2. The Morgan fingerprint density at radius 1 is 1.37 bits per heavy atom. The number of nitrogens with one attached hydrogen (secondary N) is 2. The van der Waals surface area contributed by atoms with E-state index in [2.05, 4.69) is 22.4 Å². The minimum Gasteiger partial charge on any atom is -0.347 e. The van der Waals surface area contributed by atoms with E-state index >= 15 is 0 Å². The van der Waals surface area contributed by atoms with Gasteiger partial charge in [-0.2, -0.15) is 5.10 Å². The standard InChI is InChI=1S/C14H16FN3O/c1-2-3-12-8-13(18-17-12)14(19)16-9-10-4-6-11(15)7-5-10/h4-8H,2-3,9H2,1H3,(H,16,19)(H,17,18). The van der Waals surface area contributed by atoms with E-state index in [0.29, 0.717) is 12.2 Å². The smallest absolute Gasteiger partial charge is 0.272 e. The van der Waals surface area contributed by atoms with Gasteiger partial charge in [-0.15, -0.1) is 0 Å². The minimum atomic E-state index is -0.286. The summed E-state index contributed by atoms with van der Waals surface area (Å²) in [5, 5.41) is 9.54. The average Bonchev–Trinajstić information content (AvgIpc) is 2.87. The summed E-state index contributed by atoms with van der Waals surface area (Å²) in [6.07, 6.45) is 1.87. The van der Waals surface area contributed by atoms with Gasteiger partial charge >= 0.3 is 0 Å². The van der Waals surface area contributed by atoms with Crippen LogP contribution in [0.2, 0.25) is 0 Å². The van der Waals surface area contributed by atoms with Gasteiger partial charge in [0.15, 0.2) is 0 Å². The molecule has 0 radical (unpaired) electrons. The highest BCUT2D eigenvalue weighted by Gasteiger charge is 2.09. The lowest BCUT2D eigenvalue weighted by molar-refractivity contribution is 0.0946. The fraction of sp³-hybridized carbons (Fsp3) is 0.286. The van der Waals surface area contributed by atoms with Crippen molar-refractivity contribution in [3.63, 3.8) is 0 Å². The zero-order chi connectivity index (χ0) is 13.7. The Bertz CT molecular complexity index is 548. The molecule has 0 saturated carbocycles. The molecule has 1 heterocycles. The van der Waals surface area contributed by atoms with Crippen LogP contribution in [0, 0.1) is 5.82 Å². The molecule has 0 aliphatic rings. The molecule has 1 amide bonds. The number of benzene rings is 1. The Morgan fingerprint density at radius 3 is 2.79 bits per heavy atom. The van der Waals surface area contributed by atoms with Crippen LogP contribution in [0.3, 0.4) is 0 Å². The molecule has 0 bridgehead atoms. The quantitative estimate of drug-likeness (QED) is 0.868. The van der Waals surface area contributed by atoms with E-state index in [9.17, 15) is 9.18 Å². The first-order chi connectivity index (χ1) is 9.19. The van der Waals surface area contributed by atoms with Crippen molar-refractivity contribution in [3.8, 4) is 0 Å². The summed E-state index contributed by atoms with van der Waals surface area (Å²) in [7, 11) is 0. The highest BCUT2D eigenvalue weighted by molar-refractivity contribution is 5.92. The fourth-order valence-electron chi connectivity index (χ4n) is 1.75. The van der Waals surface area contributed by atoms with E-state index in [-0.39, 0.29) is 11.7 Å². The molecule has 0 unspecified atom stereocenters. The van der Waals surface area contributed by atoms with Crippen LogP contribution < -0.4 is 5.32 Å². The Labute approximate surface area is 111 Å². The highest BCUT2D eigenvalue weighted by Crippen LogP contribution is 2.05. The van der Waals surface area contributed by atoms with Crippen LogP contribution in [0.25, 0.3) is 0 Å². The number of carbonyl (C=O) groups excluding carboxylic acids is 1. The molecule has 0 fully saturated rings. The SMILES string of the molecule is CCCc1cc(C(=O)NCc2ccc(F)cc2)n[nH]1. The van der Waals surface area contributed by atoms with Gasteiger partial charge in [-0.05, 0) is 30.2 Å². The summed E-state index contributed by atoms with van der Waals surface area (Å²) in [6, 6.07) is 7.78. The van der Waals surface area contributed by atoms with Gasteiger partial charge in [0.25, 0.3) is 5.91 Å². The fourth-order valence-corrected chi connectivity index (χ4v) is 1.75. The van der Waals surface area contributed by atoms with E-state index in [1.165, 1.54) is 12.1 Å². The molecule has 0 aliphatic carbocycles. The van der Waals surface area contributed by atoms with Crippen molar-refractivity contribution in [2.24, 2.45) is 0 Å². The average molecular weight is 261 g/mol. The summed E-state index contributed by atoms with van der Waals surface area (Å²) < 4.78 is 12.7. The molecule has 2 rings (SSSR count). The van der Waals surface area contributed by atoms with Crippen molar-refractivity contribution in [1.29, 1.82) is 0 Å². The van der Waals surface area contributed by atoms with Gasteiger partial charge in [0.05, 0.1) is 0 Å². The first kappa shape index (κ1) is 13.3. The number of nitrogens with zero attached hydrogens (tertiary/aromatic N) is 1. The number of amides is 1. The summed E-state index contributed by atoms with van der Waals surface area (Å²) in [4.78, 5) is 11.8. The molecule has 0 spiro atoms. The van der Waals surface area contributed by atoms with Crippen LogP contribution in [0.5, 0.6) is 0 Å². The molecule has 1 aromatic heterocycles. The van der Waals surface area contributed by atoms with E-state index in [1.807, 2.05) is 0 Å². The number of aromatic amines is 1. The highest BCUT2D eigenvalue weighted by atomic mass is 19.1. The summed E-state index contributed by atoms with van der Waals surface area (Å²) in [6.45, 7) is 2.42. The maximum absolute atomic E-state index is 12.7. The lowest BCUT2D eigenvalue weighted by Crippen LogP contribution is -2.23. The summed E-state index contributed by atoms with van der Waals surface area (Å²) in [5.74, 6) is -0.519. The molecule has 2 N–H and O–H groups in total. The van der Waals surface area contributed by atoms with Crippen molar-refractivity contribution >= 4 is 5.91 Å². The maximum Gasteiger partial charge on any atom is 0.272 e. The molecule has 1 aromatic carbocycles. The van der Waals surface area contributed by atoms with Gasteiger partial charge < -0.3 is 5.32 Å². The van der Waals surface area contributed by atoms with Crippen LogP contribution in [0.15, 0.2) is 30.3 Å². The maximum atomic E-state index is 12.7. The molecular formula is C14H16FN3O. The van der Waals surface area contributed by atoms with Gasteiger partial charge in [-0.1, -0.05) is 25.5 Å². The van der Waals surface area contributed by atoms with Crippen molar-refractivity contribution in [3.05, 3.63) is 53.1 Å². The van der Waals surface area contributed by atoms with Gasteiger partial charge in [0, 0.05) is 12.2 Å². The van der Waals surface area contributed by atoms with Crippen molar-refractivity contribution < 1.29 is 9.18 Å². The monoisotopic (exact) mass is 261 g/mol. The molecule has 100 valence electrons. The molecule has 0 aliphatic heterocycles. The van der Waals surface area contributed by atoms with Crippen LogP contribution >= 0.6 is 0 Å². The van der Waals surface area contributed by atoms with Gasteiger partial charge in [0.2, 0.25) is 0 Å². The number of aryl methyl sites for hydroxylation is 1. The summed E-state index contributed by atoms with van der Waals surface area (Å²) in [5.41, 5.74) is 2.18. The second-order valence-electron chi connectivity index (χ2n) is 4.34. The lowest BCUT2D eigenvalue weighted by atomic mass is 10.2. The largest absolute Gasteiger partial charge is 0.347 e. The van der Waals surface area contributed by atoms with Crippen LogP contribution in [-0.2, 0) is 13.0 Å². The normalized spacial score (nSPS) is 10.4. The predicted octanol–water partition coefficient (Wildman–Crippen LogP) is 2.43. The van der Waals surface area contributed by atoms with Crippen molar-refractivity contribution in [2.45, 2.75) is 26.3 Å². The molecular weight excluding hydrogens is 245 g/mol. The van der Waals surface area contributed by atoms with E-state index < -0.39 is 0 Å². The van der Waals surface area contributed by atoms with Gasteiger partial charge in [0.1, 0.15) is 11.5 Å². The second-order valence-corrected chi connectivity index (χ2v) is 4.34. The zero-order valence-electron chi connectivity index (χ0n) is 10.7. The van der Waals surface area contributed by atoms with E-state index in [4.69, 9.17) is 0 Å². The Balaban J connectivity index is 1.91. The van der Waals surface area contributed by atoms with E-state index in [1.54, 1.807) is 18.2 Å². The summed E-state index contributed by atoms with van der Waals surface area (Å²) >= 11 is 0. The molecule has 19 heavy (non-hydrogen) atoms. The molecule has 5 heteroatoms. The number of H-pyrrole nitrogens is 1. The van der Waals surface area contributed by atoms with Gasteiger partial charge in [-0.25, -0.2) is 4.39 Å². The topological polar surface area (TPSA) is 57.8 Å². The first-order valence-electron chi connectivity index (χ1n) is 6.26. The second kappa shape index (κ2) is 6.13. The number of halogens is 1. The lowest BCUT2D eigenvalue weighted by Gasteiger charge is -2.02. The third kappa shape index (κ3) is 3.64. The molecule has 0 saturated heterocycles.